The van der Waals surface area contributed by atoms with Gasteiger partial charge in [0.2, 0.25) is 0 Å². The molecule has 1 aliphatic rings. The minimum atomic E-state index is -4.44. The van der Waals surface area contributed by atoms with E-state index in [2.05, 4.69) is 4.90 Å². The van der Waals surface area contributed by atoms with Gasteiger partial charge in [-0.05, 0) is 85.5 Å². The van der Waals surface area contributed by atoms with Crippen molar-refractivity contribution in [2.45, 2.75) is 32.0 Å². The Kier molecular flexibility index (Phi) is 7.98. The third-order valence-corrected chi connectivity index (χ3v) is 6.16. The Labute approximate surface area is 209 Å². The first-order valence-electron chi connectivity index (χ1n) is 11.9. The number of ether oxygens (including phenoxy) is 2. The first-order valence-corrected chi connectivity index (χ1v) is 11.9. The maximum atomic E-state index is 13.0. The van der Waals surface area contributed by atoms with Crippen LogP contribution in [-0.4, -0.2) is 26.0 Å². The van der Waals surface area contributed by atoms with Crippen LogP contribution in [0.4, 0.5) is 18.9 Å². The maximum Gasteiger partial charge on any atom is 0.416 e. The maximum absolute atomic E-state index is 13.0. The summed E-state index contributed by atoms with van der Waals surface area (Å²) in [6, 6.07) is 17.7. The second-order valence-corrected chi connectivity index (χ2v) is 8.68. The molecule has 0 saturated carbocycles. The van der Waals surface area contributed by atoms with Crippen molar-refractivity contribution in [1.82, 2.24) is 0 Å². The quantitative estimate of drug-likeness (QED) is 0.245. The van der Waals surface area contributed by atoms with Crippen molar-refractivity contribution >= 4 is 17.5 Å². The molecule has 3 aromatic carbocycles. The van der Waals surface area contributed by atoms with Gasteiger partial charge in [0, 0.05) is 29.9 Å². The number of benzene rings is 3. The number of allylic oxidation sites excluding steroid dienone is 1. The van der Waals surface area contributed by atoms with Gasteiger partial charge in [-0.2, -0.15) is 13.2 Å². The summed E-state index contributed by atoms with van der Waals surface area (Å²) in [4.78, 5) is 15.0. The summed E-state index contributed by atoms with van der Waals surface area (Å²) >= 11 is 0. The molecule has 7 heteroatoms. The zero-order chi connectivity index (χ0) is 25.5. The van der Waals surface area contributed by atoms with Gasteiger partial charge >= 0.3 is 6.18 Å². The van der Waals surface area contributed by atoms with E-state index in [4.69, 9.17) is 9.47 Å². The number of carbonyl (C=O) groups is 1. The minimum Gasteiger partial charge on any atom is -0.496 e. The van der Waals surface area contributed by atoms with Crippen molar-refractivity contribution in [2.24, 2.45) is 0 Å². The average Bonchev–Trinajstić information content (AvgIpc) is 2.91. The van der Waals surface area contributed by atoms with Gasteiger partial charge in [0.1, 0.15) is 18.1 Å². The van der Waals surface area contributed by atoms with Gasteiger partial charge in [0.15, 0.2) is 5.78 Å². The molecule has 4 nitrogen and oxygen atoms in total. The van der Waals surface area contributed by atoms with Gasteiger partial charge in [-0.15, -0.1) is 0 Å². The molecule has 188 valence electrons. The lowest BCUT2D eigenvalue weighted by Gasteiger charge is -2.28. The fourth-order valence-electron chi connectivity index (χ4n) is 4.20. The molecule has 0 aromatic heterocycles. The summed E-state index contributed by atoms with van der Waals surface area (Å²) in [5.41, 5.74) is 2.36. The van der Waals surface area contributed by atoms with Crippen LogP contribution in [0.3, 0.4) is 0 Å². The molecule has 4 rings (SSSR count). The molecule has 0 amide bonds. The summed E-state index contributed by atoms with van der Waals surface area (Å²) in [6.07, 6.45) is 2.42. The molecule has 1 aliphatic heterocycles. The number of methoxy groups -OCH3 is 1. The number of halogens is 3. The number of anilines is 1. The van der Waals surface area contributed by atoms with E-state index in [1.54, 1.807) is 24.3 Å². The molecule has 0 bridgehead atoms. The predicted molar refractivity (Wildman–Crippen MR) is 135 cm³/mol. The van der Waals surface area contributed by atoms with E-state index in [0.29, 0.717) is 16.9 Å². The number of carbonyl (C=O) groups excluding carboxylic acids is 1. The number of alkyl halides is 3. The highest BCUT2D eigenvalue weighted by molar-refractivity contribution is 6.07. The van der Waals surface area contributed by atoms with Crippen LogP contribution in [0, 0.1) is 0 Å². The van der Waals surface area contributed by atoms with Gasteiger partial charge in [0.05, 0.1) is 12.7 Å². The molecule has 1 heterocycles. The molecule has 0 radical (unpaired) electrons. The first-order chi connectivity index (χ1) is 17.3. The van der Waals surface area contributed by atoms with E-state index < -0.39 is 11.7 Å². The van der Waals surface area contributed by atoms with Crippen molar-refractivity contribution in [3.8, 4) is 11.5 Å². The zero-order valence-electron chi connectivity index (χ0n) is 20.1. The summed E-state index contributed by atoms with van der Waals surface area (Å²) in [5, 5.41) is 0. The Balaban J connectivity index is 1.43. The third kappa shape index (κ3) is 6.47. The number of piperidine rings is 1. The van der Waals surface area contributed by atoms with Crippen molar-refractivity contribution in [1.29, 1.82) is 0 Å². The predicted octanol–water partition coefficient (Wildman–Crippen LogP) is 7.18. The fraction of sp³-hybridized carbons (Fsp3) is 0.276. The second kappa shape index (κ2) is 11.3. The van der Waals surface area contributed by atoms with Crippen molar-refractivity contribution < 1.29 is 27.4 Å². The lowest BCUT2D eigenvalue weighted by Crippen LogP contribution is -2.29. The first kappa shape index (κ1) is 25.4. The van der Waals surface area contributed by atoms with Gasteiger partial charge in [0.25, 0.3) is 0 Å². The highest BCUT2D eigenvalue weighted by Gasteiger charge is 2.30. The largest absolute Gasteiger partial charge is 0.496 e. The van der Waals surface area contributed by atoms with E-state index in [-0.39, 0.29) is 18.1 Å². The number of rotatable bonds is 8. The normalized spacial score (nSPS) is 14.2. The van der Waals surface area contributed by atoms with Gasteiger partial charge < -0.3 is 14.4 Å². The number of nitrogens with zero attached hydrogens (tertiary/aromatic N) is 1. The third-order valence-electron chi connectivity index (χ3n) is 6.16. The lowest BCUT2D eigenvalue weighted by molar-refractivity contribution is -0.137. The average molecular weight is 496 g/mol. The molecule has 3 aromatic rings. The molecule has 0 aliphatic carbocycles. The summed E-state index contributed by atoms with van der Waals surface area (Å²) in [5.74, 6) is 0.535. The van der Waals surface area contributed by atoms with Gasteiger partial charge in [-0.25, -0.2) is 0 Å². The molecule has 1 fully saturated rings. The Hall–Kier alpha value is -3.74. The van der Waals surface area contributed by atoms with E-state index in [1.165, 1.54) is 44.6 Å². The molecular formula is C29H28F3NO3. The number of ketones is 1. The summed E-state index contributed by atoms with van der Waals surface area (Å²) in [7, 11) is 1.51. The molecule has 36 heavy (non-hydrogen) atoms. The Morgan fingerprint density at radius 2 is 1.72 bits per heavy atom. The Morgan fingerprint density at radius 1 is 0.972 bits per heavy atom. The van der Waals surface area contributed by atoms with Crippen LogP contribution in [0.1, 0.15) is 46.3 Å². The molecule has 0 N–H and O–H groups in total. The zero-order valence-corrected chi connectivity index (χ0v) is 20.1. The van der Waals surface area contributed by atoms with Crippen molar-refractivity contribution in [2.75, 3.05) is 25.1 Å². The smallest absolute Gasteiger partial charge is 0.416 e. The van der Waals surface area contributed by atoms with E-state index in [9.17, 15) is 18.0 Å². The second-order valence-electron chi connectivity index (χ2n) is 8.68. The van der Waals surface area contributed by atoms with E-state index in [0.717, 1.165) is 36.5 Å². The van der Waals surface area contributed by atoms with Crippen LogP contribution >= 0.6 is 0 Å². The van der Waals surface area contributed by atoms with E-state index >= 15 is 0 Å². The van der Waals surface area contributed by atoms with Crippen LogP contribution < -0.4 is 14.4 Å². The van der Waals surface area contributed by atoms with Crippen LogP contribution in [0.25, 0.3) is 6.08 Å². The van der Waals surface area contributed by atoms with Crippen LogP contribution in [-0.2, 0) is 12.8 Å². The molecule has 1 saturated heterocycles. The van der Waals surface area contributed by atoms with E-state index in [1.807, 2.05) is 24.3 Å². The Bertz CT molecular complexity index is 1210. The van der Waals surface area contributed by atoms with Crippen LogP contribution in [0.5, 0.6) is 11.5 Å². The monoisotopic (exact) mass is 495 g/mol. The molecule has 0 spiro atoms. The van der Waals surface area contributed by atoms with Crippen LogP contribution in [0.15, 0.2) is 72.8 Å². The number of hydrogen-bond donors (Lipinski definition) is 0. The molecule has 0 unspecified atom stereocenters. The topological polar surface area (TPSA) is 38.8 Å². The fourth-order valence-corrected chi connectivity index (χ4v) is 4.20. The number of hydrogen-bond acceptors (Lipinski definition) is 4. The SMILES string of the molecule is COc1ccc(/C=C/C(=O)c2ccc(N3CCCCC3)cc2)cc1COc1cccc(C(F)(F)F)c1. The van der Waals surface area contributed by atoms with Crippen molar-refractivity contribution in [3.05, 3.63) is 95.1 Å². The molecule has 0 atom stereocenters. The highest BCUT2D eigenvalue weighted by Crippen LogP contribution is 2.32. The lowest BCUT2D eigenvalue weighted by atomic mass is 10.1. The Morgan fingerprint density at radius 3 is 2.42 bits per heavy atom. The van der Waals surface area contributed by atoms with Crippen LogP contribution in [0.2, 0.25) is 0 Å². The standard InChI is InChI=1S/C29H28F3NO3/c1-35-28-15-9-21(18-23(28)20-36-26-7-5-6-24(19-26)29(30,31)32)8-14-27(34)22-10-12-25(13-11-22)33-16-3-2-4-17-33/h5-15,18-19H,2-4,16-17,20H2,1H3/b14-8+. The van der Waals surface area contributed by atoms with Crippen molar-refractivity contribution in [3.63, 3.8) is 0 Å². The molecular weight excluding hydrogens is 467 g/mol. The minimum absolute atomic E-state index is 0.0120. The highest BCUT2D eigenvalue weighted by atomic mass is 19.4. The van der Waals surface area contributed by atoms with Gasteiger partial charge in [-0.1, -0.05) is 18.2 Å². The summed E-state index contributed by atoms with van der Waals surface area (Å²) < 4.78 is 49.9. The summed E-state index contributed by atoms with van der Waals surface area (Å²) in [6.45, 7) is 2.10. The van der Waals surface area contributed by atoms with Gasteiger partial charge in [-0.3, -0.25) is 4.79 Å².